The molecular formula is C36H66FeN2P2Si2-6. The summed E-state index contributed by atoms with van der Waals surface area (Å²) in [4.78, 5) is 0. The summed E-state index contributed by atoms with van der Waals surface area (Å²) in [6, 6.07) is 13.9. The summed E-state index contributed by atoms with van der Waals surface area (Å²) in [6.45, 7) is 33.1. The van der Waals surface area contributed by atoms with Crippen molar-refractivity contribution >= 4 is 43.7 Å². The summed E-state index contributed by atoms with van der Waals surface area (Å²) in [7, 11) is 0.233. The Kier molecular flexibility index (Phi) is 14.3. The fourth-order valence-corrected chi connectivity index (χ4v) is 18.0. The summed E-state index contributed by atoms with van der Waals surface area (Å²) in [6.07, 6.45) is 9.22. The van der Waals surface area contributed by atoms with E-state index >= 15 is 0 Å². The Hall–Kier alpha value is 0.433. The molecule has 3 atom stereocenters. The Morgan fingerprint density at radius 1 is 0.767 bits per heavy atom. The first-order valence-electron chi connectivity index (χ1n) is 16.8. The molecule has 7 heteroatoms. The summed E-state index contributed by atoms with van der Waals surface area (Å²) in [5.74, 6) is 0. The summed E-state index contributed by atoms with van der Waals surface area (Å²) >= 11 is 0. The first-order chi connectivity index (χ1) is 19.3. The molecule has 2 aromatic rings. The first kappa shape index (κ1) is 39.6. The fourth-order valence-electron chi connectivity index (χ4n) is 7.70. The predicted octanol–water partition coefficient (Wildman–Crippen LogP) is 8.83. The second-order valence-electron chi connectivity index (χ2n) is 17.2. The van der Waals surface area contributed by atoms with Crippen molar-refractivity contribution in [2.45, 2.75) is 153 Å². The summed E-state index contributed by atoms with van der Waals surface area (Å²) < 4.78 is 0. The van der Waals surface area contributed by atoms with Gasteiger partial charge in [-0.05, 0) is 49.1 Å². The number of nitrogens with one attached hydrogen (secondary N) is 2. The van der Waals surface area contributed by atoms with E-state index in [-0.39, 0.29) is 30.1 Å². The Morgan fingerprint density at radius 2 is 1.19 bits per heavy atom. The molecule has 2 saturated heterocycles. The van der Waals surface area contributed by atoms with E-state index in [1.54, 1.807) is 16.3 Å². The minimum Gasteiger partial charge on any atom is -0.748 e. The van der Waals surface area contributed by atoms with Crippen molar-refractivity contribution in [2.75, 3.05) is 13.1 Å². The van der Waals surface area contributed by atoms with Crippen LogP contribution < -0.4 is 21.0 Å². The maximum Gasteiger partial charge on any atom is 0.0508 e. The third-order valence-electron chi connectivity index (χ3n) is 9.47. The minimum absolute atomic E-state index is 0. The standard InChI is InChI=1S/C31H61N2P2Si2.C5H5.Fe/c1-29(2,3)35(30(4,5)6)22-23-24(21-25(36(7,8)9)28(23)37(10,11)12)31(34,26-17-13-15-19-32-26)27-18-14-16-20-33-27;1-2-4-5-3-1;/h21,26-27,32-33H,13-20,22,34H2,1-12H3;1-5H;/q-1;-5;. The average Bonchev–Trinajstić information content (AvgIpc) is 3.58. The van der Waals surface area contributed by atoms with Crippen molar-refractivity contribution in [1.82, 2.24) is 10.6 Å². The molecule has 2 heterocycles. The van der Waals surface area contributed by atoms with Gasteiger partial charge >= 0.3 is 0 Å². The number of rotatable bonds is 7. The van der Waals surface area contributed by atoms with Gasteiger partial charge in [0.2, 0.25) is 0 Å². The summed E-state index contributed by atoms with van der Waals surface area (Å²) in [5.41, 5.74) is 3.51. The van der Waals surface area contributed by atoms with Crippen LogP contribution in [-0.4, -0.2) is 51.6 Å². The Morgan fingerprint density at radius 3 is 1.49 bits per heavy atom. The molecule has 0 aliphatic carbocycles. The molecule has 0 aromatic heterocycles. The van der Waals surface area contributed by atoms with Gasteiger partial charge in [0, 0.05) is 42.4 Å². The van der Waals surface area contributed by atoms with Crippen LogP contribution in [0.15, 0.2) is 36.4 Å². The topological polar surface area (TPSA) is 24.1 Å². The van der Waals surface area contributed by atoms with Gasteiger partial charge in [-0.15, -0.1) is 22.7 Å². The normalized spacial score (nSPS) is 21.9. The van der Waals surface area contributed by atoms with Crippen LogP contribution in [0.3, 0.4) is 0 Å². The van der Waals surface area contributed by atoms with E-state index in [1.807, 2.05) is 35.5 Å². The van der Waals surface area contributed by atoms with E-state index in [1.165, 1.54) is 57.8 Å². The van der Waals surface area contributed by atoms with E-state index in [0.29, 0.717) is 22.4 Å². The van der Waals surface area contributed by atoms with Crippen LogP contribution in [-0.2, 0) is 28.4 Å². The smallest absolute Gasteiger partial charge is 0.0508 e. The van der Waals surface area contributed by atoms with Crippen molar-refractivity contribution in [1.29, 1.82) is 0 Å². The van der Waals surface area contributed by atoms with Crippen molar-refractivity contribution in [3.63, 3.8) is 0 Å². The Bertz CT molecular complexity index is 1040. The molecule has 0 saturated carbocycles. The zero-order valence-electron chi connectivity index (χ0n) is 29.9. The van der Waals surface area contributed by atoms with Crippen LogP contribution >= 0.6 is 17.2 Å². The van der Waals surface area contributed by atoms with Gasteiger partial charge in [-0.1, -0.05) is 99.8 Å². The minimum atomic E-state index is -1.58. The molecule has 0 amide bonds. The van der Waals surface area contributed by atoms with Gasteiger partial charge in [0.1, 0.15) is 0 Å². The van der Waals surface area contributed by atoms with Gasteiger partial charge < -0.3 is 41.0 Å². The van der Waals surface area contributed by atoms with E-state index in [0.717, 1.165) is 0 Å². The maximum atomic E-state index is 4.07. The van der Waals surface area contributed by atoms with Gasteiger partial charge in [0.15, 0.2) is 0 Å². The van der Waals surface area contributed by atoms with Gasteiger partial charge in [0.05, 0.1) is 8.07 Å². The van der Waals surface area contributed by atoms with E-state index in [2.05, 4.69) is 107 Å². The van der Waals surface area contributed by atoms with Gasteiger partial charge in [0.25, 0.3) is 0 Å². The second-order valence-corrected chi connectivity index (χ2v) is 32.0. The largest absolute Gasteiger partial charge is 0.748 e. The van der Waals surface area contributed by atoms with Crippen LogP contribution in [0.25, 0.3) is 0 Å². The van der Waals surface area contributed by atoms with Gasteiger partial charge in [-0.25, -0.2) is 11.3 Å². The average molecular weight is 701 g/mol. The molecule has 2 aliphatic rings. The fraction of sp³-hybridized carbons (Fsp3) is 0.722. The van der Waals surface area contributed by atoms with Crippen LogP contribution in [0.5, 0.6) is 0 Å². The molecular weight excluding hydrogens is 634 g/mol. The molecule has 0 spiro atoms. The zero-order chi connectivity index (χ0) is 31.6. The van der Waals surface area contributed by atoms with Crippen molar-refractivity contribution in [3.8, 4) is 0 Å². The molecule has 0 bridgehead atoms. The SMILES string of the molecule is CC(C)(C)P(C[c-]1c(C(P)(C2CCCCN2)C2CCCCN2)cc([Si](C)(C)C)c1[Si](C)(C)C)C(C)(C)C.[Fe].[cH-]1[cH-][cH-][cH-][cH-]1. The Labute approximate surface area is 283 Å². The van der Waals surface area contributed by atoms with E-state index in [9.17, 15) is 0 Å². The molecule has 2 nitrogen and oxygen atoms in total. The predicted molar refractivity (Wildman–Crippen MR) is 203 cm³/mol. The second kappa shape index (κ2) is 15.6. The van der Waals surface area contributed by atoms with Gasteiger partial charge in [-0.2, -0.15) is 10.8 Å². The molecule has 2 aromatic carbocycles. The summed E-state index contributed by atoms with van der Waals surface area (Å²) in [5, 5.41) is 12.5. The number of hydrogen-bond acceptors (Lipinski definition) is 2. The van der Waals surface area contributed by atoms with Crippen LogP contribution in [0, 0.1) is 0 Å². The molecule has 2 aliphatic heterocycles. The molecule has 2 N–H and O–H groups in total. The molecule has 0 radical (unpaired) electrons. The molecule has 43 heavy (non-hydrogen) atoms. The van der Waals surface area contributed by atoms with E-state index in [4.69, 9.17) is 0 Å². The number of hydrogen-bond donors (Lipinski definition) is 2. The van der Waals surface area contributed by atoms with Crippen molar-refractivity contribution in [3.05, 3.63) is 47.5 Å². The van der Waals surface area contributed by atoms with Crippen LogP contribution in [0.1, 0.15) is 91.2 Å². The zero-order valence-corrected chi connectivity index (χ0v) is 35.0. The number of piperidine rings is 2. The molecule has 2 fully saturated rings. The molecule has 252 valence electrons. The maximum absolute atomic E-state index is 4.07. The van der Waals surface area contributed by atoms with E-state index < -0.39 is 16.1 Å². The third-order valence-corrected chi connectivity index (χ3v) is 18.8. The van der Waals surface area contributed by atoms with Crippen molar-refractivity contribution < 1.29 is 17.1 Å². The Balaban J connectivity index is 0.000000973. The third kappa shape index (κ3) is 9.97. The van der Waals surface area contributed by atoms with Crippen molar-refractivity contribution in [2.24, 2.45) is 0 Å². The quantitative estimate of drug-likeness (QED) is 0.171. The first-order valence-corrected chi connectivity index (χ1v) is 25.9. The monoisotopic (exact) mass is 700 g/mol. The van der Waals surface area contributed by atoms with Crippen LogP contribution in [0.4, 0.5) is 0 Å². The van der Waals surface area contributed by atoms with Gasteiger partial charge in [-0.3, -0.25) is 0 Å². The van der Waals surface area contributed by atoms with Crippen LogP contribution in [0.2, 0.25) is 39.3 Å². The molecule has 3 unspecified atom stereocenters. The molecule has 4 rings (SSSR count).